The molecule has 2 aromatic carbocycles. The topological polar surface area (TPSA) is 33.6 Å². The summed E-state index contributed by atoms with van der Waals surface area (Å²) in [7, 11) is 1.67. The Morgan fingerprint density at radius 1 is 1.06 bits per heavy atom. The zero-order chi connectivity index (χ0) is 12.4. The van der Waals surface area contributed by atoms with Crippen molar-refractivity contribution in [3.8, 4) is 5.75 Å². The largest absolute Gasteiger partial charge is 0.497 e. The van der Waals surface area contributed by atoms with E-state index in [1.54, 1.807) is 7.11 Å². The fraction of sp³-hybridized carbons (Fsp3) is 0.133. The third-order valence-electron chi connectivity index (χ3n) is 3.16. The van der Waals surface area contributed by atoms with Crippen LogP contribution in [0.3, 0.4) is 0 Å². The smallest absolute Gasteiger partial charge is 0.118 e. The van der Waals surface area contributed by atoms with Crippen molar-refractivity contribution in [3.63, 3.8) is 0 Å². The Bertz CT molecular complexity index is 575. The molecule has 1 aliphatic rings. The van der Waals surface area contributed by atoms with Gasteiger partial charge in [-0.1, -0.05) is 36.4 Å². The lowest BCUT2D eigenvalue weighted by Gasteiger charge is -2.23. The summed E-state index contributed by atoms with van der Waals surface area (Å²) in [5, 5.41) is 4.21. The molecule has 0 amide bonds. The van der Waals surface area contributed by atoms with Gasteiger partial charge in [0.25, 0.3) is 0 Å². The molecule has 1 atom stereocenters. The van der Waals surface area contributed by atoms with E-state index in [0.717, 1.165) is 11.3 Å². The number of nitrogens with one attached hydrogen (secondary N) is 1. The average molecular weight is 238 g/mol. The van der Waals surface area contributed by atoms with Crippen LogP contribution in [0.4, 0.5) is 0 Å². The van der Waals surface area contributed by atoms with Crippen molar-refractivity contribution in [1.29, 1.82) is 0 Å². The zero-order valence-electron chi connectivity index (χ0n) is 10.1. The summed E-state index contributed by atoms with van der Waals surface area (Å²) in [6.45, 7) is 0. The highest BCUT2D eigenvalue weighted by atomic mass is 16.5. The van der Waals surface area contributed by atoms with Crippen LogP contribution >= 0.6 is 0 Å². The van der Waals surface area contributed by atoms with Crippen LogP contribution in [0, 0.1) is 0 Å². The van der Waals surface area contributed by atoms with Gasteiger partial charge in [-0.3, -0.25) is 5.43 Å². The first kappa shape index (κ1) is 10.8. The molecular formula is C15H14N2O. The van der Waals surface area contributed by atoms with Crippen LogP contribution in [0.1, 0.15) is 22.7 Å². The highest BCUT2D eigenvalue weighted by molar-refractivity contribution is 5.83. The maximum Gasteiger partial charge on any atom is 0.118 e. The van der Waals surface area contributed by atoms with Crippen LogP contribution in [0.25, 0.3) is 0 Å². The standard InChI is InChI=1S/C15H14N2O/c1-18-13-8-6-11(7-9-13)15-14-5-3-2-4-12(14)10-16-17-15/h2-10,15,17H,1H3. The van der Waals surface area contributed by atoms with Crippen molar-refractivity contribution in [1.82, 2.24) is 5.43 Å². The van der Waals surface area contributed by atoms with Crippen LogP contribution in [-0.2, 0) is 0 Å². The Morgan fingerprint density at radius 2 is 1.83 bits per heavy atom. The normalized spacial score (nSPS) is 16.8. The second kappa shape index (κ2) is 4.53. The van der Waals surface area contributed by atoms with Gasteiger partial charge in [0, 0.05) is 5.56 Å². The number of hydrogen-bond donors (Lipinski definition) is 1. The van der Waals surface area contributed by atoms with E-state index >= 15 is 0 Å². The lowest BCUT2D eigenvalue weighted by molar-refractivity contribution is 0.414. The molecule has 1 heterocycles. The van der Waals surface area contributed by atoms with Crippen LogP contribution in [-0.4, -0.2) is 13.3 Å². The summed E-state index contributed by atoms with van der Waals surface area (Å²) in [6, 6.07) is 16.5. The summed E-state index contributed by atoms with van der Waals surface area (Å²) in [6.07, 6.45) is 1.86. The third kappa shape index (κ3) is 1.84. The van der Waals surface area contributed by atoms with Gasteiger partial charge in [0.05, 0.1) is 19.4 Å². The summed E-state index contributed by atoms with van der Waals surface area (Å²) in [5.74, 6) is 0.867. The minimum Gasteiger partial charge on any atom is -0.497 e. The second-order valence-corrected chi connectivity index (χ2v) is 4.22. The van der Waals surface area contributed by atoms with Crippen molar-refractivity contribution in [2.45, 2.75) is 6.04 Å². The SMILES string of the molecule is COc1ccc(C2NN=Cc3ccccc32)cc1. The monoisotopic (exact) mass is 238 g/mol. The minimum absolute atomic E-state index is 0.108. The Kier molecular flexibility index (Phi) is 2.73. The van der Waals surface area contributed by atoms with E-state index in [1.165, 1.54) is 11.1 Å². The van der Waals surface area contributed by atoms with Gasteiger partial charge in [0.15, 0.2) is 0 Å². The van der Waals surface area contributed by atoms with Crippen molar-refractivity contribution in [2.24, 2.45) is 5.10 Å². The zero-order valence-corrected chi connectivity index (χ0v) is 10.1. The van der Waals surface area contributed by atoms with Gasteiger partial charge in [-0.05, 0) is 23.3 Å². The van der Waals surface area contributed by atoms with E-state index in [1.807, 2.05) is 24.4 Å². The third-order valence-corrected chi connectivity index (χ3v) is 3.16. The van der Waals surface area contributed by atoms with Crippen LogP contribution in [0.5, 0.6) is 5.75 Å². The molecule has 0 radical (unpaired) electrons. The van der Waals surface area contributed by atoms with Gasteiger partial charge in [-0.15, -0.1) is 0 Å². The molecule has 0 fully saturated rings. The van der Waals surface area contributed by atoms with E-state index < -0.39 is 0 Å². The van der Waals surface area contributed by atoms with E-state index in [2.05, 4.69) is 40.9 Å². The predicted octanol–water partition coefficient (Wildman–Crippen LogP) is 2.72. The number of hydrogen-bond acceptors (Lipinski definition) is 3. The van der Waals surface area contributed by atoms with E-state index in [-0.39, 0.29) is 6.04 Å². The molecule has 0 spiro atoms. The van der Waals surface area contributed by atoms with Crippen LogP contribution in [0.2, 0.25) is 0 Å². The highest BCUT2D eigenvalue weighted by Gasteiger charge is 2.18. The molecule has 1 aliphatic heterocycles. The average Bonchev–Trinajstić information content (AvgIpc) is 2.47. The quantitative estimate of drug-likeness (QED) is 0.872. The van der Waals surface area contributed by atoms with E-state index in [4.69, 9.17) is 4.74 Å². The molecule has 0 saturated heterocycles. The molecule has 90 valence electrons. The van der Waals surface area contributed by atoms with Crippen LogP contribution in [0.15, 0.2) is 53.6 Å². The second-order valence-electron chi connectivity index (χ2n) is 4.22. The predicted molar refractivity (Wildman–Crippen MR) is 72.0 cm³/mol. The summed E-state index contributed by atoms with van der Waals surface area (Å²) >= 11 is 0. The molecule has 3 heteroatoms. The number of nitrogens with zero attached hydrogens (tertiary/aromatic N) is 1. The van der Waals surface area contributed by atoms with Gasteiger partial charge >= 0.3 is 0 Å². The first-order valence-corrected chi connectivity index (χ1v) is 5.90. The Balaban J connectivity index is 1.99. The number of hydrazone groups is 1. The fourth-order valence-corrected chi connectivity index (χ4v) is 2.19. The minimum atomic E-state index is 0.108. The van der Waals surface area contributed by atoms with Gasteiger partial charge in [0.1, 0.15) is 5.75 Å². The van der Waals surface area contributed by atoms with Crippen LogP contribution < -0.4 is 10.2 Å². The molecule has 0 aromatic heterocycles. The molecule has 0 aliphatic carbocycles. The molecule has 3 rings (SSSR count). The number of benzene rings is 2. The molecule has 18 heavy (non-hydrogen) atoms. The number of methoxy groups -OCH3 is 1. The highest BCUT2D eigenvalue weighted by Crippen LogP contribution is 2.27. The maximum absolute atomic E-state index is 5.18. The first-order chi connectivity index (χ1) is 8.88. The summed E-state index contributed by atoms with van der Waals surface area (Å²) in [5.41, 5.74) is 6.75. The van der Waals surface area contributed by atoms with Gasteiger partial charge in [-0.25, -0.2) is 0 Å². The summed E-state index contributed by atoms with van der Waals surface area (Å²) in [4.78, 5) is 0. The number of rotatable bonds is 2. The Labute approximate surface area is 106 Å². The van der Waals surface area contributed by atoms with Gasteiger partial charge < -0.3 is 4.74 Å². The van der Waals surface area contributed by atoms with Crippen molar-refractivity contribution < 1.29 is 4.74 Å². The summed E-state index contributed by atoms with van der Waals surface area (Å²) < 4.78 is 5.18. The number of fused-ring (bicyclic) bond motifs is 1. The van der Waals surface area contributed by atoms with Crippen molar-refractivity contribution in [2.75, 3.05) is 7.11 Å². The van der Waals surface area contributed by atoms with Gasteiger partial charge in [-0.2, -0.15) is 5.10 Å². The molecule has 0 saturated carbocycles. The Morgan fingerprint density at radius 3 is 2.61 bits per heavy atom. The van der Waals surface area contributed by atoms with E-state index in [0.29, 0.717) is 0 Å². The molecule has 0 bridgehead atoms. The molecule has 1 unspecified atom stereocenters. The molecule has 2 aromatic rings. The fourth-order valence-electron chi connectivity index (χ4n) is 2.19. The van der Waals surface area contributed by atoms with Gasteiger partial charge in [0.2, 0.25) is 0 Å². The number of ether oxygens (including phenoxy) is 1. The lowest BCUT2D eigenvalue weighted by Crippen LogP contribution is -2.22. The molecule has 3 nitrogen and oxygen atoms in total. The van der Waals surface area contributed by atoms with Crippen molar-refractivity contribution >= 4 is 6.21 Å². The Hall–Kier alpha value is -2.29. The first-order valence-electron chi connectivity index (χ1n) is 5.90. The molecule has 1 N–H and O–H groups in total. The van der Waals surface area contributed by atoms with E-state index in [9.17, 15) is 0 Å². The van der Waals surface area contributed by atoms with Crippen molar-refractivity contribution in [3.05, 3.63) is 65.2 Å². The molecular weight excluding hydrogens is 224 g/mol. The maximum atomic E-state index is 5.18. The lowest BCUT2D eigenvalue weighted by atomic mass is 9.94.